The minimum atomic E-state index is 0.125. The van der Waals surface area contributed by atoms with Crippen LogP contribution in [0.4, 0.5) is 5.82 Å². The monoisotopic (exact) mass is 293 g/mol. The van der Waals surface area contributed by atoms with Gasteiger partial charge < -0.3 is 15.1 Å². The van der Waals surface area contributed by atoms with Crippen molar-refractivity contribution in [3.63, 3.8) is 0 Å². The Bertz CT molecular complexity index is 464. The van der Waals surface area contributed by atoms with Crippen LogP contribution in [0.3, 0.4) is 0 Å². The van der Waals surface area contributed by atoms with E-state index in [4.69, 9.17) is 0 Å². The molecule has 0 saturated carbocycles. The predicted octanol–water partition coefficient (Wildman–Crippen LogP) is 1.76. The SMILES string of the molecule is CCN1CCN(c2c(CNC(C)(C)C)c(C)nn2C)CC1. The van der Waals surface area contributed by atoms with Gasteiger partial charge in [0, 0.05) is 50.9 Å². The van der Waals surface area contributed by atoms with Gasteiger partial charge in [0.1, 0.15) is 5.82 Å². The van der Waals surface area contributed by atoms with E-state index >= 15 is 0 Å². The van der Waals surface area contributed by atoms with Gasteiger partial charge in [-0.25, -0.2) is 0 Å². The fourth-order valence-corrected chi connectivity index (χ4v) is 2.92. The Kier molecular flexibility index (Phi) is 4.94. The molecule has 0 atom stereocenters. The molecule has 0 spiro atoms. The quantitative estimate of drug-likeness (QED) is 0.918. The van der Waals surface area contributed by atoms with Gasteiger partial charge in [0.05, 0.1) is 5.69 Å². The van der Waals surface area contributed by atoms with Crippen molar-refractivity contribution in [1.82, 2.24) is 20.0 Å². The van der Waals surface area contributed by atoms with Crippen LogP contribution in [0.2, 0.25) is 0 Å². The van der Waals surface area contributed by atoms with E-state index in [0.717, 1.165) is 45.0 Å². The maximum Gasteiger partial charge on any atom is 0.131 e. The van der Waals surface area contributed by atoms with Gasteiger partial charge in [-0.3, -0.25) is 4.68 Å². The second-order valence-electron chi connectivity index (χ2n) is 7.04. The third kappa shape index (κ3) is 3.98. The van der Waals surface area contributed by atoms with Crippen molar-refractivity contribution in [3.8, 4) is 0 Å². The van der Waals surface area contributed by atoms with Crippen molar-refractivity contribution in [1.29, 1.82) is 0 Å². The van der Waals surface area contributed by atoms with Crippen molar-refractivity contribution < 1.29 is 0 Å². The van der Waals surface area contributed by atoms with Crippen molar-refractivity contribution in [2.24, 2.45) is 7.05 Å². The Morgan fingerprint density at radius 2 is 1.76 bits per heavy atom. The Labute approximate surface area is 129 Å². The molecule has 1 aromatic rings. The molecule has 1 saturated heterocycles. The van der Waals surface area contributed by atoms with Gasteiger partial charge in [0.25, 0.3) is 0 Å². The number of piperazine rings is 1. The number of rotatable bonds is 4. The van der Waals surface area contributed by atoms with E-state index in [0.29, 0.717) is 0 Å². The molecule has 21 heavy (non-hydrogen) atoms. The molecule has 0 amide bonds. The zero-order chi connectivity index (χ0) is 15.6. The van der Waals surface area contributed by atoms with Gasteiger partial charge in [-0.1, -0.05) is 6.92 Å². The molecule has 0 bridgehead atoms. The molecule has 1 fully saturated rings. The number of aryl methyl sites for hydroxylation is 2. The highest BCUT2D eigenvalue weighted by molar-refractivity contribution is 5.50. The highest BCUT2D eigenvalue weighted by Crippen LogP contribution is 2.25. The van der Waals surface area contributed by atoms with Crippen LogP contribution in [0.25, 0.3) is 0 Å². The fraction of sp³-hybridized carbons (Fsp3) is 0.812. The first-order valence-electron chi connectivity index (χ1n) is 8.06. The van der Waals surface area contributed by atoms with E-state index in [1.807, 2.05) is 0 Å². The van der Waals surface area contributed by atoms with E-state index in [1.54, 1.807) is 0 Å². The first-order valence-corrected chi connectivity index (χ1v) is 8.06. The van der Waals surface area contributed by atoms with E-state index in [2.05, 4.69) is 66.6 Å². The number of hydrogen-bond donors (Lipinski definition) is 1. The van der Waals surface area contributed by atoms with Crippen molar-refractivity contribution in [2.45, 2.75) is 46.7 Å². The summed E-state index contributed by atoms with van der Waals surface area (Å²) < 4.78 is 2.05. The van der Waals surface area contributed by atoms with E-state index in [1.165, 1.54) is 11.4 Å². The maximum atomic E-state index is 4.65. The Morgan fingerprint density at radius 1 is 1.14 bits per heavy atom. The topological polar surface area (TPSA) is 36.3 Å². The number of nitrogens with zero attached hydrogens (tertiary/aromatic N) is 4. The van der Waals surface area contributed by atoms with Crippen LogP contribution in [-0.2, 0) is 13.6 Å². The molecule has 0 unspecified atom stereocenters. The van der Waals surface area contributed by atoms with Crippen LogP contribution in [-0.4, -0.2) is 52.9 Å². The normalized spacial score (nSPS) is 17.5. The Morgan fingerprint density at radius 3 is 2.29 bits per heavy atom. The number of nitrogens with one attached hydrogen (secondary N) is 1. The lowest BCUT2D eigenvalue weighted by Gasteiger charge is -2.36. The summed E-state index contributed by atoms with van der Waals surface area (Å²) in [5, 5.41) is 8.25. The molecule has 1 aromatic heterocycles. The Hall–Kier alpha value is -1.07. The molecule has 2 rings (SSSR count). The molecule has 5 nitrogen and oxygen atoms in total. The van der Waals surface area contributed by atoms with Crippen molar-refractivity contribution >= 4 is 5.82 Å². The van der Waals surface area contributed by atoms with Gasteiger partial charge in [0.2, 0.25) is 0 Å². The van der Waals surface area contributed by atoms with Crippen LogP contribution in [0.15, 0.2) is 0 Å². The van der Waals surface area contributed by atoms with Crippen LogP contribution in [0, 0.1) is 6.92 Å². The summed E-state index contributed by atoms with van der Waals surface area (Å²) in [5.74, 6) is 1.29. The summed E-state index contributed by atoms with van der Waals surface area (Å²) >= 11 is 0. The van der Waals surface area contributed by atoms with Crippen LogP contribution in [0.5, 0.6) is 0 Å². The molecule has 1 aliphatic rings. The first-order chi connectivity index (χ1) is 9.81. The molecule has 0 aromatic carbocycles. The zero-order valence-electron chi connectivity index (χ0n) is 14.5. The van der Waals surface area contributed by atoms with E-state index in [9.17, 15) is 0 Å². The highest BCUT2D eigenvalue weighted by atomic mass is 15.4. The minimum Gasteiger partial charge on any atom is -0.354 e. The molecule has 120 valence electrons. The lowest BCUT2D eigenvalue weighted by atomic mass is 10.1. The van der Waals surface area contributed by atoms with Crippen molar-refractivity contribution in [2.75, 3.05) is 37.6 Å². The smallest absolute Gasteiger partial charge is 0.131 e. The summed E-state index contributed by atoms with van der Waals surface area (Å²) in [7, 11) is 2.06. The molecule has 0 aliphatic carbocycles. The summed E-state index contributed by atoms with van der Waals surface area (Å²) in [6.07, 6.45) is 0. The van der Waals surface area contributed by atoms with Crippen LogP contribution < -0.4 is 10.2 Å². The predicted molar refractivity (Wildman–Crippen MR) is 88.9 cm³/mol. The molecule has 2 heterocycles. The van der Waals surface area contributed by atoms with E-state index < -0.39 is 0 Å². The van der Waals surface area contributed by atoms with Gasteiger partial charge >= 0.3 is 0 Å². The maximum absolute atomic E-state index is 4.65. The molecule has 1 aliphatic heterocycles. The third-order valence-corrected chi connectivity index (χ3v) is 4.23. The summed E-state index contributed by atoms with van der Waals surface area (Å²) in [5.41, 5.74) is 2.61. The molecule has 0 radical (unpaired) electrons. The lowest BCUT2D eigenvalue weighted by molar-refractivity contribution is 0.269. The standard InChI is InChI=1S/C16H31N5/c1-7-20-8-10-21(11-9-20)15-14(12-17-16(3,4)5)13(2)18-19(15)6/h17H,7-12H2,1-6H3. The summed E-state index contributed by atoms with van der Waals surface area (Å²) in [4.78, 5) is 5.00. The van der Waals surface area contributed by atoms with Gasteiger partial charge in [-0.15, -0.1) is 0 Å². The molecule has 5 heteroatoms. The minimum absolute atomic E-state index is 0.125. The lowest BCUT2D eigenvalue weighted by Crippen LogP contribution is -2.47. The van der Waals surface area contributed by atoms with Gasteiger partial charge in [-0.2, -0.15) is 5.10 Å². The second-order valence-corrected chi connectivity index (χ2v) is 7.04. The van der Waals surface area contributed by atoms with E-state index in [-0.39, 0.29) is 5.54 Å². The average molecular weight is 293 g/mol. The zero-order valence-corrected chi connectivity index (χ0v) is 14.5. The molecular weight excluding hydrogens is 262 g/mol. The molecule has 1 N–H and O–H groups in total. The van der Waals surface area contributed by atoms with Crippen molar-refractivity contribution in [3.05, 3.63) is 11.3 Å². The third-order valence-electron chi connectivity index (χ3n) is 4.23. The number of likely N-dealkylation sites (N-methyl/N-ethyl adjacent to an activating group) is 1. The fourth-order valence-electron chi connectivity index (χ4n) is 2.92. The number of aromatic nitrogens is 2. The first kappa shape index (κ1) is 16.3. The number of anilines is 1. The summed E-state index contributed by atoms with van der Waals surface area (Å²) in [6, 6.07) is 0. The van der Waals surface area contributed by atoms with Crippen LogP contribution in [0.1, 0.15) is 39.0 Å². The number of hydrogen-bond acceptors (Lipinski definition) is 4. The summed E-state index contributed by atoms with van der Waals surface area (Å²) in [6.45, 7) is 17.5. The highest BCUT2D eigenvalue weighted by Gasteiger charge is 2.23. The van der Waals surface area contributed by atoms with Gasteiger partial charge in [0.15, 0.2) is 0 Å². The second kappa shape index (κ2) is 6.36. The molecular formula is C16H31N5. The van der Waals surface area contributed by atoms with Gasteiger partial charge in [-0.05, 0) is 34.2 Å². The average Bonchev–Trinajstić information content (AvgIpc) is 2.70. The van der Waals surface area contributed by atoms with Crippen LogP contribution >= 0.6 is 0 Å². The largest absolute Gasteiger partial charge is 0.354 e. The Balaban J connectivity index is 2.15.